The number of ether oxygens (including phenoxy) is 1. The topological polar surface area (TPSA) is 84.7 Å². The molecule has 40 heavy (non-hydrogen) atoms. The number of aromatic nitrogens is 1. The standard InChI is InChI=1S/C32H27N3O4S/c36-31(34-20-24-9-4-5-16-33-24)28-14-13-26(39-28)21-38-25-12-11-22-15-17-35(32(37)29-10-6-18-40-29)30(27(22)19-25)23-7-2-1-3-8-23/h1-14,16,18-19,30H,15,17,20-21H2,(H,34,36). The Hall–Kier alpha value is -4.69. The minimum absolute atomic E-state index is 0.0326. The van der Waals surface area contributed by atoms with Gasteiger partial charge in [-0.1, -0.05) is 48.5 Å². The van der Waals surface area contributed by atoms with Gasteiger partial charge in [0.2, 0.25) is 0 Å². The van der Waals surface area contributed by atoms with Crippen LogP contribution in [0.25, 0.3) is 0 Å². The smallest absolute Gasteiger partial charge is 0.287 e. The molecule has 0 radical (unpaired) electrons. The van der Waals surface area contributed by atoms with E-state index in [-0.39, 0.29) is 30.2 Å². The molecule has 200 valence electrons. The summed E-state index contributed by atoms with van der Waals surface area (Å²) in [4.78, 5) is 32.9. The van der Waals surface area contributed by atoms with Gasteiger partial charge in [-0.15, -0.1) is 11.3 Å². The lowest BCUT2D eigenvalue weighted by molar-refractivity contribution is 0.0699. The summed E-state index contributed by atoms with van der Waals surface area (Å²) in [5.74, 6) is 1.14. The van der Waals surface area contributed by atoms with Crippen molar-refractivity contribution in [1.82, 2.24) is 15.2 Å². The van der Waals surface area contributed by atoms with Crippen molar-refractivity contribution >= 4 is 23.2 Å². The number of benzene rings is 2. The third-order valence-electron chi connectivity index (χ3n) is 6.88. The molecule has 1 aliphatic heterocycles. The van der Waals surface area contributed by atoms with E-state index in [1.807, 2.05) is 70.9 Å². The molecule has 6 rings (SSSR count). The Morgan fingerprint density at radius 3 is 2.67 bits per heavy atom. The van der Waals surface area contributed by atoms with Gasteiger partial charge in [-0.25, -0.2) is 0 Å². The maximum Gasteiger partial charge on any atom is 0.287 e. The number of carbonyl (C=O) groups excluding carboxylic acids is 2. The van der Waals surface area contributed by atoms with E-state index in [1.165, 1.54) is 16.9 Å². The van der Waals surface area contributed by atoms with Crippen LogP contribution in [0.3, 0.4) is 0 Å². The molecule has 0 bridgehead atoms. The summed E-state index contributed by atoms with van der Waals surface area (Å²) >= 11 is 1.46. The van der Waals surface area contributed by atoms with Gasteiger partial charge in [0.15, 0.2) is 5.76 Å². The molecule has 0 aliphatic carbocycles. The average Bonchev–Trinajstić information content (AvgIpc) is 3.72. The number of fused-ring (bicyclic) bond motifs is 1. The van der Waals surface area contributed by atoms with Crippen molar-refractivity contribution < 1.29 is 18.7 Å². The summed E-state index contributed by atoms with van der Waals surface area (Å²) < 4.78 is 11.8. The zero-order valence-electron chi connectivity index (χ0n) is 21.7. The Balaban J connectivity index is 1.18. The number of carbonyl (C=O) groups is 2. The Bertz CT molecular complexity index is 1600. The summed E-state index contributed by atoms with van der Waals surface area (Å²) in [7, 11) is 0. The molecule has 0 fully saturated rings. The van der Waals surface area contributed by atoms with Gasteiger partial charge in [-0.2, -0.15) is 0 Å². The Labute approximate surface area is 236 Å². The third kappa shape index (κ3) is 5.53. The zero-order valence-corrected chi connectivity index (χ0v) is 22.5. The molecule has 4 heterocycles. The molecule has 1 N–H and O–H groups in total. The summed E-state index contributed by atoms with van der Waals surface area (Å²) in [5.41, 5.74) is 4.07. The molecule has 5 aromatic rings. The van der Waals surface area contributed by atoms with Crippen molar-refractivity contribution in [3.63, 3.8) is 0 Å². The van der Waals surface area contributed by atoms with Gasteiger partial charge < -0.3 is 19.4 Å². The predicted octanol–water partition coefficient (Wildman–Crippen LogP) is 6.03. The summed E-state index contributed by atoms with van der Waals surface area (Å²) in [6, 6.07) is 28.6. The van der Waals surface area contributed by atoms with Crippen molar-refractivity contribution in [3.8, 4) is 5.75 Å². The highest BCUT2D eigenvalue weighted by Gasteiger charge is 2.33. The van der Waals surface area contributed by atoms with Gasteiger partial charge in [0.1, 0.15) is 18.1 Å². The number of pyridine rings is 1. The number of hydrogen-bond acceptors (Lipinski definition) is 6. The largest absolute Gasteiger partial charge is 0.486 e. The second kappa shape index (κ2) is 11.6. The van der Waals surface area contributed by atoms with Gasteiger partial charge in [0, 0.05) is 12.7 Å². The number of hydrogen-bond donors (Lipinski definition) is 1. The van der Waals surface area contributed by atoms with Crippen molar-refractivity contribution in [3.05, 3.63) is 141 Å². The number of rotatable bonds is 8. The van der Waals surface area contributed by atoms with Crippen LogP contribution in [0.15, 0.2) is 107 Å². The van der Waals surface area contributed by atoms with E-state index in [0.717, 1.165) is 28.1 Å². The number of nitrogens with zero attached hydrogens (tertiary/aromatic N) is 2. The van der Waals surface area contributed by atoms with Crippen LogP contribution in [-0.4, -0.2) is 28.2 Å². The zero-order chi connectivity index (χ0) is 27.3. The summed E-state index contributed by atoms with van der Waals surface area (Å²) in [6.07, 6.45) is 2.46. The maximum absolute atomic E-state index is 13.5. The van der Waals surface area contributed by atoms with Crippen molar-refractivity contribution in [1.29, 1.82) is 0 Å². The van der Waals surface area contributed by atoms with E-state index in [4.69, 9.17) is 9.15 Å². The first-order chi connectivity index (χ1) is 19.7. The lowest BCUT2D eigenvalue weighted by Gasteiger charge is -2.37. The SMILES string of the molecule is O=C(NCc1ccccn1)c1ccc(COc2ccc3c(c2)C(c2ccccc2)N(C(=O)c2cccs2)CC3)o1. The molecule has 1 aliphatic rings. The van der Waals surface area contributed by atoms with Crippen LogP contribution in [0, 0.1) is 0 Å². The lowest BCUT2D eigenvalue weighted by Crippen LogP contribution is -2.40. The fourth-order valence-corrected chi connectivity index (χ4v) is 5.61. The first kappa shape index (κ1) is 25.6. The molecule has 3 aromatic heterocycles. The summed E-state index contributed by atoms with van der Waals surface area (Å²) in [6.45, 7) is 1.12. The molecule has 2 aromatic carbocycles. The average molecular weight is 550 g/mol. The second-order valence-electron chi connectivity index (χ2n) is 9.46. The molecule has 0 spiro atoms. The maximum atomic E-state index is 13.5. The highest BCUT2D eigenvalue weighted by molar-refractivity contribution is 7.12. The van der Waals surface area contributed by atoms with Crippen molar-refractivity contribution in [2.24, 2.45) is 0 Å². The number of nitrogens with one attached hydrogen (secondary N) is 1. The molecular formula is C32H27N3O4S. The molecule has 0 saturated heterocycles. The van der Waals surface area contributed by atoms with Crippen LogP contribution < -0.4 is 10.1 Å². The normalized spacial score (nSPS) is 14.4. The predicted molar refractivity (Wildman–Crippen MR) is 152 cm³/mol. The molecule has 1 atom stereocenters. The highest BCUT2D eigenvalue weighted by Crippen LogP contribution is 2.38. The van der Waals surface area contributed by atoms with Gasteiger partial charge in [-0.05, 0) is 71.0 Å². The van der Waals surface area contributed by atoms with E-state index in [0.29, 0.717) is 24.6 Å². The van der Waals surface area contributed by atoms with Crippen LogP contribution in [0.2, 0.25) is 0 Å². The van der Waals surface area contributed by atoms with Gasteiger partial charge >= 0.3 is 0 Å². The van der Waals surface area contributed by atoms with Crippen LogP contribution in [0.1, 0.15) is 54.4 Å². The fraction of sp³-hybridized carbons (Fsp3) is 0.156. The summed E-state index contributed by atoms with van der Waals surface area (Å²) in [5, 5.41) is 4.74. The van der Waals surface area contributed by atoms with E-state index >= 15 is 0 Å². The van der Waals surface area contributed by atoms with Crippen LogP contribution in [0.5, 0.6) is 5.75 Å². The number of amides is 2. The molecule has 2 amide bonds. The first-order valence-corrected chi connectivity index (χ1v) is 14.0. The fourth-order valence-electron chi connectivity index (χ4n) is 4.93. The Kier molecular flexibility index (Phi) is 7.41. The van der Waals surface area contributed by atoms with Crippen LogP contribution in [0.4, 0.5) is 0 Å². The van der Waals surface area contributed by atoms with Gasteiger partial charge in [0.25, 0.3) is 11.8 Å². The second-order valence-corrected chi connectivity index (χ2v) is 10.4. The van der Waals surface area contributed by atoms with Crippen LogP contribution in [-0.2, 0) is 19.6 Å². The number of furan rings is 1. The van der Waals surface area contributed by atoms with E-state index in [1.54, 1.807) is 18.3 Å². The van der Waals surface area contributed by atoms with E-state index in [9.17, 15) is 9.59 Å². The van der Waals surface area contributed by atoms with Crippen molar-refractivity contribution in [2.75, 3.05) is 6.54 Å². The molecule has 8 heteroatoms. The van der Waals surface area contributed by atoms with Gasteiger partial charge in [0.05, 0.1) is 23.2 Å². The van der Waals surface area contributed by atoms with Gasteiger partial charge in [-0.3, -0.25) is 14.6 Å². The highest BCUT2D eigenvalue weighted by atomic mass is 32.1. The Morgan fingerprint density at radius 1 is 1.00 bits per heavy atom. The molecular weight excluding hydrogens is 522 g/mol. The Morgan fingerprint density at radius 2 is 1.88 bits per heavy atom. The molecule has 7 nitrogen and oxygen atoms in total. The molecule has 1 unspecified atom stereocenters. The lowest BCUT2D eigenvalue weighted by atomic mass is 9.88. The molecule has 0 saturated carbocycles. The van der Waals surface area contributed by atoms with E-state index in [2.05, 4.69) is 28.5 Å². The minimum Gasteiger partial charge on any atom is -0.486 e. The monoisotopic (exact) mass is 549 g/mol. The number of thiophene rings is 1. The minimum atomic E-state index is -0.313. The third-order valence-corrected chi connectivity index (χ3v) is 7.73. The van der Waals surface area contributed by atoms with E-state index < -0.39 is 0 Å². The van der Waals surface area contributed by atoms with Crippen molar-refractivity contribution in [2.45, 2.75) is 25.6 Å². The van der Waals surface area contributed by atoms with Crippen LogP contribution >= 0.6 is 11.3 Å². The first-order valence-electron chi connectivity index (χ1n) is 13.1. The quantitative estimate of drug-likeness (QED) is 0.255.